The summed E-state index contributed by atoms with van der Waals surface area (Å²) in [7, 11) is 1.29. The summed E-state index contributed by atoms with van der Waals surface area (Å²) in [6, 6.07) is 8.24. The number of methoxy groups -OCH3 is 1. The number of rotatable bonds is 4. The van der Waals surface area contributed by atoms with Gasteiger partial charge in [0, 0.05) is 6.54 Å². The average molecular weight is 292 g/mol. The maximum absolute atomic E-state index is 12.1. The average Bonchev–Trinajstić information content (AvgIpc) is 3.01. The van der Waals surface area contributed by atoms with Crippen molar-refractivity contribution in [1.82, 2.24) is 4.90 Å². The summed E-state index contributed by atoms with van der Waals surface area (Å²) in [5.74, 6) is -0.511. The van der Waals surface area contributed by atoms with Gasteiger partial charge in [-0.2, -0.15) is 0 Å². The smallest absolute Gasteiger partial charge is 0.410 e. The van der Waals surface area contributed by atoms with Gasteiger partial charge in [-0.15, -0.1) is 0 Å². The molecule has 6 nitrogen and oxygen atoms in total. The SMILES string of the molecule is COC(=O)[C@@H](N)[C@@H]1CCCN1C(=O)OCc1ccccc1. The molecule has 0 spiro atoms. The summed E-state index contributed by atoms with van der Waals surface area (Å²) in [5.41, 5.74) is 6.76. The molecular formula is C15H20N2O4. The van der Waals surface area contributed by atoms with E-state index in [4.69, 9.17) is 10.5 Å². The van der Waals surface area contributed by atoms with Crippen molar-refractivity contribution in [2.45, 2.75) is 31.5 Å². The minimum Gasteiger partial charge on any atom is -0.468 e. The van der Waals surface area contributed by atoms with Gasteiger partial charge in [0.2, 0.25) is 0 Å². The van der Waals surface area contributed by atoms with Gasteiger partial charge in [0.05, 0.1) is 13.2 Å². The lowest BCUT2D eigenvalue weighted by Crippen LogP contribution is -2.51. The fourth-order valence-electron chi connectivity index (χ4n) is 2.49. The van der Waals surface area contributed by atoms with Crippen molar-refractivity contribution >= 4 is 12.1 Å². The van der Waals surface area contributed by atoms with Crippen molar-refractivity contribution in [2.24, 2.45) is 5.73 Å². The number of esters is 1. The van der Waals surface area contributed by atoms with Crippen LogP contribution in [0.15, 0.2) is 30.3 Å². The number of hydrogen-bond donors (Lipinski definition) is 1. The van der Waals surface area contributed by atoms with Gasteiger partial charge >= 0.3 is 12.1 Å². The van der Waals surface area contributed by atoms with Crippen LogP contribution < -0.4 is 5.73 Å². The van der Waals surface area contributed by atoms with Crippen LogP contribution in [0.5, 0.6) is 0 Å². The first-order chi connectivity index (χ1) is 10.1. The molecule has 1 aliphatic heterocycles. The number of likely N-dealkylation sites (tertiary alicyclic amines) is 1. The van der Waals surface area contributed by atoms with Gasteiger partial charge in [0.1, 0.15) is 12.6 Å². The second kappa shape index (κ2) is 7.08. The van der Waals surface area contributed by atoms with Crippen LogP contribution in [-0.2, 0) is 20.9 Å². The molecule has 1 aliphatic rings. The molecule has 21 heavy (non-hydrogen) atoms. The van der Waals surface area contributed by atoms with Crippen molar-refractivity contribution in [3.8, 4) is 0 Å². The molecule has 0 unspecified atom stereocenters. The van der Waals surface area contributed by atoms with Gasteiger partial charge in [-0.05, 0) is 18.4 Å². The predicted molar refractivity (Wildman–Crippen MR) is 76.3 cm³/mol. The molecule has 1 aromatic carbocycles. The van der Waals surface area contributed by atoms with Crippen LogP contribution in [0.3, 0.4) is 0 Å². The molecule has 114 valence electrons. The number of carbonyl (C=O) groups is 2. The highest BCUT2D eigenvalue weighted by Crippen LogP contribution is 2.21. The Morgan fingerprint density at radius 2 is 2.10 bits per heavy atom. The lowest BCUT2D eigenvalue weighted by atomic mass is 10.1. The van der Waals surface area contributed by atoms with Crippen molar-refractivity contribution in [3.63, 3.8) is 0 Å². The summed E-state index contributed by atoms with van der Waals surface area (Å²) in [5, 5.41) is 0. The van der Waals surface area contributed by atoms with E-state index in [0.29, 0.717) is 13.0 Å². The standard InChI is InChI=1S/C15H20N2O4/c1-20-14(18)13(16)12-8-5-9-17(12)15(19)21-10-11-6-3-2-4-7-11/h2-4,6-7,12-13H,5,8-10,16H2,1H3/t12-,13-/m0/s1. The Kier molecular flexibility index (Phi) is 5.16. The molecule has 1 saturated heterocycles. The highest BCUT2D eigenvalue weighted by Gasteiger charge is 2.37. The quantitative estimate of drug-likeness (QED) is 0.846. The lowest BCUT2D eigenvalue weighted by Gasteiger charge is -2.27. The minimum absolute atomic E-state index is 0.205. The van der Waals surface area contributed by atoms with Crippen LogP contribution in [0.2, 0.25) is 0 Å². The summed E-state index contributed by atoms with van der Waals surface area (Å²) >= 11 is 0. The zero-order chi connectivity index (χ0) is 15.2. The molecule has 1 fully saturated rings. The third-order valence-corrected chi connectivity index (χ3v) is 3.63. The molecular weight excluding hydrogens is 272 g/mol. The Labute approximate surface area is 123 Å². The first kappa shape index (κ1) is 15.3. The van der Waals surface area contributed by atoms with E-state index in [1.165, 1.54) is 12.0 Å². The first-order valence-electron chi connectivity index (χ1n) is 6.94. The number of hydrogen-bond acceptors (Lipinski definition) is 5. The van der Waals surface area contributed by atoms with Gasteiger partial charge in [0.15, 0.2) is 0 Å². The van der Waals surface area contributed by atoms with E-state index in [1.807, 2.05) is 30.3 Å². The van der Waals surface area contributed by atoms with Gasteiger partial charge in [-0.1, -0.05) is 30.3 Å². The van der Waals surface area contributed by atoms with Crippen LogP contribution in [0.25, 0.3) is 0 Å². The van der Waals surface area contributed by atoms with Crippen LogP contribution in [0, 0.1) is 0 Å². The largest absolute Gasteiger partial charge is 0.468 e. The van der Waals surface area contributed by atoms with Gasteiger partial charge in [-0.25, -0.2) is 4.79 Å². The zero-order valence-corrected chi connectivity index (χ0v) is 12.0. The lowest BCUT2D eigenvalue weighted by molar-refractivity contribution is -0.143. The molecule has 0 bridgehead atoms. The number of ether oxygens (including phenoxy) is 2. The molecule has 0 radical (unpaired) electrons. The van der Waals surface area contributed by atoms with Crippen LogP contribution in [0.4, 0.5) is 4.79 Å². The maximum Gasteiger partial charge on any atom is 0.410 e. The van der Waals surface area contributed by atoms with E-state index < -0.39 is 18.1 Å². The minimum atomic E-state index is -0.832. The Hall–Kier alpha value is -2.08. The zero-order valence-electron chi connectivity index (χ0n) is 12.0. The second-order valence-electron chi connectivity index (χ2n) is 4.99. The Morgan fingerprint density at radius 1 is 1.38 bits per heavy atom. The Bertz CT molecular complexity index is 492. The van der Waals surface area contributed by atoms with E-state index in [0.717, 1.165) is 12.0 Å². The van der Waals surface area contributed by atoms with Crippen molar-refractivity contribution in [1.29, 1.82) is 0 Å². The van der Waals surface area contributed by atoms with Crippen LogP contribution >= 0.6 is 0 Å². The molecule has 0 aliphatic carbocycles. The summed E-state index contributed by atoms with van der Waals surface area (Å²) < 4.78 is 9.92. The fraction of sp³-hybridized carbons (Fsp3) is 0.467. The number of carbonyl (C=O) groups excluding carboxylic acids is 2. The molecule has 2 N–H and O–H groups in total. The van der Waals surface area contributed by atoms with Crippen molar-refractivity contribution in [2.75, 3.05) is 13.7 Å². The maximum atomic E-state index is 12.1. The van der Waals surface area contributed by atoms with Crippen molar-refractivity contribution in [3.05, 3.63) is 35.9 Å². The molecule has 0 aromatic heterocycles. The van der Waals surface area contributed by atoms with E-state index in [9.17, 15) is 9.59 Å². The third-order valence-electron chi connectivity index (χ3n) is 3.63. The van der Waals surface area contributed by atoms with Gasteiger partial charge in [0.25, 0.3) is 0 Å². The molecule has 1 amide bonds. The van der Waals surface area contributed by atoms with E-state index >= 15 is 0 Å². The molecule has 1 aromatic rings. The van der Waals surface area contributed by atoms with Gasteiger partial charge in [-0.3, -0.25) is 4.79 Å². The van der Waals surface area contributed by atoms with E-state index in [1.54, 1.807) is 0 Å². The number of benzene rings is 1. The van der Waals surface area contributed by atoms with Crippen LogP contribution in [0.1, 0.15) is 18.4 Å². The van der Waals surface area contributed by atoms with Crippen molar-refractivity contribution < 1.29 is 19.1 Å². The Morgan fingerprint density at radius 3 is 2.76 bits per heavy atom. The second-order valence-corrected chi connectivity index (χ2v) is 4.99. The first-order valence-corrected chi connectivity index (χ1v) is 6.94. The van der Waals surface area contributed by atoms with E-state index in [2.05, 4.69) is 4.74 Å². The van der Waals surface area contributed by atoms with Crippen LogP contribution in [-0.4, -0.2) is 42.7 Å². The highest BCUT2D eigenvalue weighted by atomic mass is 16.6. The monoisotopic (exact) mass is 292 g/mol. The van der Waals surface area contributed by atoms with Gasteiger partial charge < -0.3 is 20.1 Å². The predicted octanol–water partition coefficient (Wildman–Crippen LogP) is 1.29. The molecule has 6 heteroatoms. The number of nitrogens with zero attached hydrogens (tertiary/aromatic N) is 1. The topological polar surface area (TPSA) is 81.9 Å². The molecule has 2 atom stereocenters. The number of nitrogens with two attached hydrogens (primary N) is 1. The van der Waals surface area contributed by atoms with E-state index in [-0.39, 0.29) is 12.6 Å². The summed E-state index contributed by atoms with van der Waals surface area (Å²) in [6.45, 7) is 0.749. The highest BCUT2D eigenvalue weighted by molar-refractivity contribution is 5.78. The number of amides is 1. The summed E-state index contributed by atoms with van der Waals surface area (Å²) in [6.07, 6.45) is 1.03. The normalized spacial score (nSPS) is 19.1. The Balaban J connectivity index is 1.93. The molecule has 2 rings (SSSR count). The molecule has 1 heterocycles. The fourth-order valence-corrected chi connectivity index (χ4v) is 2.49. The molecule has 0 saturated carbocycles. The third kappa shape index (κ3) is 3.72. The summed E-state index contributed by atoms with van der Waals surface area (Å²) in [4.78, 5) is 25.2.